The number of benzene rings is 2. The molecular weight excluding hydrogens is 364 g/mol. The van der Waals surface area contributed by atoms with Crippen LogP contribution in [-0.4, -0.2) is 14.9 Å². The number of Topliss-reactive ketones (excluding diaryl/α,β-unsaturated/α-hetero) is 1. The maximum Gasteiger partial charge on any atom is 0.332 e. The number of ketones is 1. The summed E-state index contributed by atoms with van der Waals surface area (Å²) >= 11 is 6.07. The lowest BCUT2D eigenvalue weighted by molar-refractivity contribution is -0.126. The highest BCUT2D eigenvalue weighted by Gasteiger charge is 2.24. The van der Waals surface area contributed by atoms with Gasteiger partial charge in [-0.1, -0.05) is 62.7 Å². The predicted octanol–water partition coefficient (Wildman–Crippen LogP) is 3.48. The van der Waals surface area contributed by atoms with Gasteiger partial charge in [0.15, 0.2) is 5.78 Å². The van der Waals surface area contributed by atoms with Crippen LogP contribution in [0.5, 0.6) is 0 Å². The van der Waals surface area contributed by atoms with Crippen LogP contribution in [0.4, 0.5) is 0 Å². The molecule has 6 heteroatoms. The number of hydrogen-bond donors (Lipinski definition) is 0. The van der Waals surface area contributed by atoms with Crippen molar-refractivity contribution in [1.82, 2.24) is 9.13 Å². The summed E-state index contributed by atoms with van der Waals surface area (Å²) in [6, 6.07) is 14.0. The SMILES string of the molecule is CC(C)(C)C(=O)Cn1c(=O)n(Cc2ccccc2)c(=O)c2cc(Cl)ccc21. The standard InChI is InChI=1S/C21H21ClN2O3/c1-21(2,3)18(25)13-23-17-10-9-15(22)11-16(17)19(26)24(20(23)27)12-14-7-5-4-6-8-14/h4-11H,12-13H2,1-3H3. The summed E-state index contributed by atoms with van der Waals surface area (Å²) in [6.45, 7) is 5.44. The molecule has 0 N–H and O–H groups in total. The van der Waals surface area contributed by atoms with Gasteiger partial charge >= 0.3 is 5.69 Å². The fraction of sp³-hybridized carbons (Fsp3) is 0.286. The first kappa shape index (κ1) is 19.1. The molecule has 3 rings (SSSR count). The van der Waals surface area contributed by atoms with Crippen LogP contribution < -0.4 is 11.2 Å². The Labute approximate surface area is 161 Å². The van der Waals surface area contributed by atoms with Crippen molar-refractivity contribution < 1.29 is 4.79 Å². The summed E-state index contributed by atoms with van der Waals surface area (Å²) in [6.07, 6.45) is 0. The van der Waals surface area contributed by atoms with Gasteiger partial charge in [0.2, 0.25) is 0 Å². The Balaban J connectivity index is 2.25. The quantitative estimate of drug-likeness (QED) is 0.691. The molecule has 0 radical (unpaired) electrons. The first-order valence-electron chi connectivity index (χ1n) is 8.68. The number of carbonyl (C=O) groups is 1. The van der Waals surface area contributed by atoms with E-state index in [0.29, 0.717) is 15.9 Å². The van der Waals surface area contributed by atoms with E-state index in [2.05, 4.69) is 0 Å². The van der Waals surface area contributed by atoms with Gasteiger partial charge in [0.1, 0.15) is 0 Å². The number of halogens is 1. The van der Waals surface area contributed by atoms with E-state index in [9.17, 15) is 14.4 Å². The van der Waals surface area contributed by atoms with Gasteiger partial charge in [-0.25, -0.2) is 4.79 Å². The average Bonchev–Trinajstić information content (AvgIpc) is 2.62. The molecule has 1 heterocycles. The molecule has 3 aromatic rings. The summed E-state index contributed by atoms with van der Waals surface area (Å²) in [4.78, 5) is 38.6. The number of fused-ring (bicyclic) bond motifs is 1. The first-order valence-corrected chi connectivity index (χ1v) is 9.06. The van der Waals surface area contributed by atoms with Crippen molar-refractivity contribution in [3.8, 4) is 0 Å². The molecule has 140 valence electrons. The molecule has 1 aromatic heterocycles. The van der Waals surface area contributed by atoms with Crippen LogP contribution in [0.15, 0.2) is 58.1 Å². The van der Waals surface area contributed by atoms with Gasteiger partial charge in [0, 0.05) is 10.4 Å². The summed E-state index contributed by atoms with van der Waals surface area (Å²) in [5, 5.41) is 0.720. The van der Waals surface area contributed by atoms with Crippen LogP contribution in [0.25, 0.3) is 10.9 Å². The lowest BCUT2D eigenvalue weighted by atomic mass is 9.91. The Hall–Kier alpha value is -2.66. The van der Waals surface area contributed by atoms with Gasteiger partial charge in [-0.2, -0.15) is 0 Å². The van der Waals surface area contributed by atoms with Gasteiger partial charge in [-0.05, 0) is 23.8 Å². The zero-order chi connectivity index (χ0) is 19.8. The van der Waals surface area contributed by atoms with Crippen LogP contribution in [-0.2, 0) is 17.9 Å². The predicted molar refractivity (Wildman–Crippen MR) is 107 cm³/mol. The average molecular weight is 385 g/mol. The normalized spacial score (nSPS) is 11.7. The number of aromatic nitrogens is 2. The molecule has 0 aliphatic carbocycles. The highest BCUT2D eigenvalue weighted by molar-refractivity contribution is 6.31. The van der Waals surface area contributed by atoms with Crippen molar-refractivity contribution >= 4 is 28.3 Å². The van der Waals surface area contributed by atoms with Gasteiger partial charge < -0.3 is 0 Å². The van der Waals surface area contributed by atoms with Crippen molar-refractivity contribution in [1.29, 1.82) is 0 Å². The first-order chi connectivity index (χ1) is 12.7. The molecule has 2 aromatic carbocycles. The molecule has 0 spiro atoms. The van der Waals surface area contributed by atoms with E-state index in [-0.39, 0.29) is 18.9 Å². The summed E-state index contributed by atoms with van der Waals surface area (Å²) in [5.41, 5.74) is -0.279. The van der Waals surface area contributed by atoms with Crippen molar-refractivity contribution in [3.05, 3.63) is 80.0 Å². The third-order valence-electron chi connectivity index (χ3n) is 4.51. The van der Waals surface area contributed by atoms with E-state index < -0.39 is 16.7 Å². The Morgan fingerprint density at radius 3 is 2.30 bits per heavy atom. The lowest BCUT2D eigenvalue weighted by Crippen LogP contribution is -2.42. The van der Waals surface area contributed by atoms with Crippen LogP contribution in [0.3, 0.4) is 0 Å². The Morgan fingerprint density at radius 2 is 1.67 bits per heavy atom. The topological polar surface area (TPSA) is 61.1 Å². The van der Waals surface area contributed by atoms with Gasteiger partial charge in [0.05, 0.1) is 24.0 Å². The third-order valence-corrected chi connectivity index (χ3v) is 4.74. The van der Waals surface area contributed by atoms with E-state index in [1.807, 2.05) is 30.3 Å². The minimum atomic E-state index is -0.599. The maximum absolute atomic E-state index is 13.1. The van der Waals surface area contributed by atoms with Crippen molar-refractivity contribution in [3.63, 3.8) is 0 Å². The number of hydrogen-bond acceptors (Lipinski definition) is 3. The second kappa shape index (κ2) is 7.16. The Kier molecular flexibility index (Phi) is 5.07. The van der Waals surface area contributed by atoms with Gasteiger partial charge in [-0.3, -0.25) is 18.7 Å². The van der Waals surface area contributed by atoms with E-state index in [0.717, 1.165) is 10.1 Å². The summed E-state index contributed by atoms with van der Waals surface area (Å²) in [7, 11) is 0. The molecule has 5 nitrogen and oxygen atoms in total. The summed E-state index contributed by atoms with van der Waals surface area (Å²) < 4.78 is 2.52. The van der Waals surface area contributed by atoms with Crippen LogP contribution in [0.2, 0.25) is 5.02 Å². The number of rotatable bonds is 4. The fourth-order valence-corrected chi connectivity index (χ4v) is 3.01. The highest BCUT2D eigenvalue weighted by atomic mass is 35.5. The number of nitrogens with zero attached hydrogens (tertiary/aromatic N) is 2. The molecule has 27 heavy (non-hydrogen) atoms. The minimum absolute atomic E-state index is 0.0919. The van der Waals surface area contributed by atoms with Crippen molar-refractivity contribution in [2.75, 3.05) is 0 Å². The highest BCUT2D eigenvalue weighted by Crippen LogP contribution is 2.19. The fourth-order valence-electron chi connectivity index (χ4n) is 2.83. The van der Waals surface area contributed by atoms with Crippen LogP contribution >= 0.6 is 11.6 Å². The molecule has 0 atom stereocenters. The smallest absolute Gasteiger partial charge is 0.297 e. The molecule has 0 unspecified atom stereocenters. The molecule has 0 aliphatic heterocycles. The zero-order valence-corrected chi connectivity index (χ0v) is 16.3. The molecule has 0 bridgehead atoms. The molecular formula is C21H21ClN2O3. The number of carbonyl (C=O) groups excluding carboxylic acids is 1. The molecule has 0 fully saturated rings. The largest absolute Gasteiger partial charge is 0.332 e. The van der Waals surface area contributed by atoms with Crippen molar-refractivity contribution in [2.24, 2.45) is 5.41 Å². The summed E-state index contributed by atoms with van der Waals surface area (Å²) in [5.74, 6) is -0.0919. The van der Waals surface area contributed by atoms with E-state index >= 15 is 0 Å². The maximum atomic E-state index is 13.1. The van der Waals surface area contributed by atoms with Gasteiger partial charge in [0.25, 0.3) is 5.56 Å². The molecule has 0 aliphatic rings. The minimum Gasteiger partial charge on any atom is -0.297 e. The van der Waals surface area contributed by atoms with Crippen LogP contribution in [0, 0.1) is 5.41 Å². The van der Waals surface area contributed by atoms with E-state index in [1.165, 1.54) is 10.6 Å². The molecule has 0 saturated carbocycles. The third kappa shape index (κ3) is 3.88. The second-order valence-electron chi connectivity index (χ2n) is 7.58. The second-order valence-corrected chi connectivity index (χ2v) is 8.02. The van der Waals surface area contributed by atoms with Crippen LogP contribution in [0.1, 0.15) is 26.3 Å². The Bertz CT molecular complexity index is 1120. The lowest BCUT2D eigenvalue weighted by Gasteiger charge is -2.19. The van der Waals surface area contributed by atoms with E-state index in [4.69, 9.17) is 11.6 Å². The van der Waals surface area contributed by atoms with Crippen molar-refractivity contribution in [2.45, 2.75) is 33.9 Å². The van der Waals surface area contributed by atoms with Gasteiger partial charge in [-0.15, -0.1) is 0 Å². The Morgan fingerprint density at radius 1 is 1.00 bits per heavy atom. The monoisotopic (exact) mass is 384 g/mol. The van der Waals surface area contributed by atoms with E-state index in [1.54, 1.807) is 32.9 Å². The molecule has 0 saturated heterocycles. The zero-order valence-electron chi connectivity index (χ0n) is 15.5. The molecule has 0 amide bonds.